The number of hydrogen-bond acceptors (Lipinski definition) is 8. The van der Waals surface area contributed by atoms with Gasteiger partial charge >= 0.3 is 5.97 Å². The van der Waals surface area contributed by atoms with Gasteiger partial charge in [0.15, 0.2) is 5.78 Å². The summed E-state index contributed by atoms with van der Waals surface area (Å²) in [4.78, 5) is 26.9. The summed E-state index contributed by atoms with van der Waals surface area (Å²) in [6, 6.07) is 39.1. The molecular formula is C41H46O8. The van der Waals surface area contributed by atoms with E-state index in [-0.39, 0.29) is 26.4 Å². The van der Waals surface area contributed by atoms with Crippen molar-refractivity contribution in [3.63, 3.8) is 0 Å². The van der Waals surface area contributed by atoms with Crippen molar-refractivity contribution in [1.82, 2.24) is 0 Å². The number of carbonyl (C=O) groups is 2. The predicted octanol–water partition coefficient (Wildman–Crippen LogP) is 7.03. The first-order chi connectivity index (χ1) is 23.7. The number of esters is 1. The van der Waals surface area contributed by atoms with Gasteiger partial charge in [0.05, 0.1) is 33.0 Å². The maximum absolute atomic E-state index is 14.0. The van der Waals surface area contributed by atoms with Crippen LogP contribution in [0.3, 0.4) is 0 Å². The van der Waals surface area contributed by atoms with Crippen molar-refractivity contribution in [2.45, 2.75) is 89.7 Å². The van der Waals surface area contributed by atoms with E-state index in [0.717, 1.165) is 22.3 Å². The normalized spacial score (nSPS) is 20.8. The van der Waals surface area contributed by atoms with Gasteiger partial charge in [0, 0.05) is 0 Å². The van der Waals surface area contributed by atoms with E-state index in [1.54, 1.807) is 20.8 Å². The first kappa shape index (κ1) is 36.1. The quantitative estimate of drug-likeness (QED) is 0.0931. The van der Waals surface area contributed by atoms with Crippen molar-refractivity contribution < 1.29 is 38.0 Å². The smallest absolute Gasteiger partial charge is 0.313 e. The van der Waals surface area contributed by atoms with E-state index in [9.17, 15) is 9.59 Å². The molecule has 4 aromatic carbocycles. The highest BCUT2D eigenvalue weighted by Gasteiger charge is 2.51. The second-order valence-corrected chi connectivity index (χ2v) is 13.1. The highest BCUT2D eigenvalue weighted by molar-refractivity contribution is 5.98. The number of ether oxygens (including phenoxy) is 6. The summed E-state index contributed by atoms with van der Waals surface area (Å²) in [5, 5.41) is 0. The van der Waals surface area contributed by atoms with Crippen LogP contribution in [-0.4, -0.2) is 54.5 Å². The average molecular weight is 667 g/mol. The summed E-state index contributed by atoms with van der Waals surface area (Å²) in [6.07, 6.45) is -4.72. The van der Waals surface area contributed by atoms with Crippen LogP contribution in [0.1, 0.15) is 49.4 Å². The van der Waals surface area contributed by atoms with E-state index in [0.29, 0.717) is 6.61 Å². The van der Waals surface area contributed by atoms with E-state index in [2.05, 4.69) is 0 Å². The molecule has 0 aliphatic carbocycles. The molecule has 0 amide bonds. The van der Waals surface area contributed by atoms with Crippen LogP contribution in [0.5, 0.6) is 0 Å². The Bertz CT molecular complexity index is 1560. The lowest BCUT2D eigenvalue weighted by molar-refractivity contribution is -0.267. The van der Waals surface area contributed by atoms with Gasteiger partial charge in [-0.3, -0.25) is 9.59 Å². The molecular weight excluding hydrogens is 620 g/mol. The zero-order chi connectivity index (χ0) is 34.5. The Hall–Kier alpha value is -4.18. The van der Waals surface area contributed by atoms with Crippen molar-refractivity contribution in [3.8, 4) is 0 Å². The van der Waals surface area contributed by atoms with E-state index in [1.807, 2.05) is 121 Å². The Kier molecular flexibility index (Phi) is 13.3. The van der Waals surface area contributed by atoms with Crippen LogP contribution in [-0.2, 0) is 64.4 Å². The highest BCUT2D eigenvalue weighted by atomic mass is 16.6. The zero-order valence-corrected chi connectivity index (χ0v) is 28.4. The first-order valence-corrected chi connectivity index (χ1v) is 16.7. The Morgan fingerprint density at radius 3 is 1.43 bits per heavy atom. The maximum Gasteiger partial charge on any atom is 0.313 e. The minimum Gasteiger partial charge on any atom is -0.460 e. The molecule has 0 bridgehead atoms. The molecule has 1 heterocycles. The number of hydrogen-bond donors (Lipinski definition) is 0. The van der Waals surface area contributed by atoms with Crippen LogP contribution in [0, 0.1) is 0 Å². The fourth-order valence-corrected chi connectivity index (χ4v) is 5.67. The third-order valence-electron chi connectivity index (χ3n) is 7.94. The van der Waals surface area contributed by atoms with Gasteiger partial charge in [-0.15, -0.1) is 0 Å². The Morgan fingerprint density at radius 2 is 0.980 bits per heavy atom. The number of rotatable bonds is 16. The first-order valence-electron chi connectivity index (χ1n) is 16.7. The molecule has 1 fully saturated rings. The van der Waals surface area contributed by atoms with Gasteiger partial charge in [-0.05, 0) is 43.0 Å². The summed E-state index contributed by atoms with van der Waals surface area (Å²) in [5.74, 6) is -1.10. The molecule has 49 heavy (non-hydrogen) atoms. The van der Waals surface area contributed by atoms with E-state index in [4.69, 9.17) is 28.4 Å². The molecule has 4 aromatic rings. The second-order valence-electron chi connectivity index (χ2n) is 13.1. The molecule has 1 aliphatic rings. The molecule has 5 atom stereocenters. The van der Waals surface area contributed by atoms with Gasteiger partial charge in [-0.25, -0.2) is 0 Å². The van der Waals surface area contributed by atoms with Crippen LogP contribution >= 0.6 is 0 Å². The molecule has 3 unspecified atom stereocenters. The minimum absolute atomic E-state index is 0.112. The fraction of sp³-hybridized carbons (Fsp3) is 0.366. The molecule has 0 N–H and O–H groups in total. The molecule has 0 spiro atoms. The monoisotopic (exact) mass is 666 g/mol. The van der Waals surface area contributed by atoms with Crippen molar-refractivity contribution in [2.75, 3.05) is 6.61 Å². The van der Waals surface area contributed by atoms with Crippen LogP contribution in [0.25, 0.3) is 0 Å². The van der Waals surface area contributed by atoms with E-state index < -0.39 is 54.3 Å². The lowest BCUT2D eigenvalue weighted by atomic mass is 9.91. The summed E-state index contributed by atoms with van der Waals surface area (Å²) < 4.78 is 38.1. The molecule has 5 rings (SSSR count). The van der Waals surface area contributed by atoms with E-state index in [1.165, 1.54) is 0 Å². The maximum atomic E-state index is 14.0. The fourth-order valence-electron chi connectivity index (χ4n) is 5.67. The van der Waals surface area contributed by atoms with Crippen molar-refractivity contribution in [1.29, 1.82) is 0 Å². The number of carbonyl (C=O) groups excluding carboxylic acids is 2. The van der Waals surface area contributed by atoms with Crippen LogP contribution in [0.15, 0.2) is 121 Å². The molecule has 258 valence electrons. The standard InChI is InChI=1S/C41H46O8/c1-41(2,3)49-36(43)24-34(42)37-39(46-27-32-20-12-6-13-21-32)40(47-28-33-22-14-7-15-23-33)38(45-26-31-18-10-5-11-19-31)35(48-37)29-44-25-30-16-8-4-9-17-30/h4-23,35,37-40H,24-29H2,1-3H3/t35?,37-,38+,39?,40?/m1/s1. The summed E-state index contributed by atoms with van der Waals surface area (Å²) in [6.45, 7) is 6.45. The Morgan fingerprint density at radius 1 is 0.571 bits per heavy atom. The summed E-state index contributed by atoms with van der Waals surface area (Å²) in [7, 11) is 0. The average Bonchev–Trinajstić information content (AvgIpc) is 3.10. The Labute approximate surface area is 289 Å². The highest BCUT2D eigenvalue weighted by Crippen LogP contribution is 2.32. The molecule has 8 heteroatoms. The van der Waals surface area contributed by atoms with Crippen molar-refractivity contribution in [3.05, 3.63) is 144 Å². The Balaban J connectivity index is 1.47. The summed E-state index contributed by atoms with van der Waals surface area (Å²) >= 11 is 0. The van der Waals surface area contributed by atoms with Crippen molar-refractivity contribution in [2.24, 2.45) is 0 Å². The molecule has 1 aliphatic heterocycles. The number of Topliss-reactive ketones (excluding diaryl/α,β-unsaturated/α-hetero) is 1. The lowest BCUT2D eigenvalue weighted by Gasteiger charge is -2.45. The van der Waals surface area contributed by atoms with Gasteiger partial charge in [0.25, 0.3) is 0 Å². The van der Waals surface area contributed by atoms with E-state index >= 15 is 0 Å². The molecule has 0 radical (unpaired) electrons. The predicted molar refractivity (Wildman–Crippen MR) is 185 cm³/mol. The van der Waals surface area contributed by atoms with Crippen LogP contribution in [0.2, 0.25) is 0 Å². The second kappa shape index (κ2) is 18.0. The molecule has 0 aromatic heterocycles. The largest absolute Gasteiger partial charge is 0.460 e. The third-order valence-corrected chi connectivity index (χ3v) is 7.94. The number of benzene rings is 4. The van der Waals surface area contributed by atoms with Gasteiger partial charge in [0.2, 0.25) is 0 Å². The molecule has 1 saturated heterocycles. The van der Waals surface area contributed by atoms with Crippen LogP contribution in [0.4, 0.5) is 0 Å². The van der Waals surface area contributed by atoms with Crippen LogP contribution < -0.4 is 0 Å². The third kappa shape index (κ3) is 11.4. The zero-order valence-electron chi connectivity index (χ0n) is 28.4. The van der Waals surface area contributed by atoms with Crippen molar-refractivity contribution >= 4 is 11.8 Å². The van der Waals surface area contributed by atoms with Gasteiger partial charge in [-0.1, -0.05) is 121 Å². The van der Waals surface area contributed by atoms with Gasteiger partial charge in [-0.2, -0.15) is 0 Å². The summed E-state index contributed by atoms with van der Waals surface area (Å²) in [5.41, 5.74) is 3.08. The lowest BCUT2D eigenvalue weighted by Crippen LogP contribution is -2.63. The topological polar surface area (TPSA) is 89.5 Å². The van der Waals surface area contributed by atoms with Gasteiger partial charge in [0.1, 0.15) is 42.5 Å². The molecule has 8 nitrogen and oxygen atoms in total. The minimum atomic E-state index is -1.15. The molecule has 0 saturated carbocycles. The SMILES string of the molecule is CC(C)(C)OC(=O)CC(=O)[C@H]1OC(COCc2ccccc2)[C@H](OCc2ccccc2)C(OCc2ccccc2)C1OCc1ccccc1. The number of ketones is 1. The van der Waals surface area contributed by atoms with Gasteiger partial charge < -0.3 is 28.4 Å².